The second-order valence-electron chi connectivity index (χ2n) is 5.87. The Hall–Kier alpha value is -0.930. The summed E-state index contributed by atoms with van der Waals surface area (Å²) in [5.74, 6) is 0.611. The van der Waals surface area contributed by atoms with Crippen molar-refractivity contribution in [2.75, 3.05) is 45.9 Å². The number of benzene rings is 1. The summed E-state index contributed by atoms with van der Waals surface area (Å²) in [7, 11) is 0. The summed E-state index contributed by atoms with van der Waals surface area (Å²) in [6.45, 7) is 9.57. The van der Waals surface area contributed by atoms with Crippen LogP contribution >= 0.6 is 24.0 Å². The van der Waals surface area contributed by atoms with E-state index >= 15 is 0 Å². The Morgan fingerprint density at radius 2 is 2.04 bits per heavy atom. The minimum absolute atomic E-state index is 0. The molecule has 1 aliphatic heterocycles. The van der Waals surface area contributed by atoms with Crippen molar-refractivity contribution >= 4 is 29.9 Å². The van der Waals surface area contributed by atoms with Crippen LogP contribution in [0.5, 0.6) is 0 Å². The zero-order valence-corrected chi connectivity index (χ0v) is 17.5. The van der Waals surface area contributed by atoms with Crippen LogP contribution in [0.3, 0.4) is 0 Å². The summed E-state index contributed by atoms with van der Waals surface area (Å²) in [4.78, 5) is 7.05. The molecule has 1 unspecified atom stereocenters. The summed E-state index contributed by atoms with van der Waals surface area (Å²) in [6.07, 6.45) is 1.04. The number of rotatable bonds is 7. The summed E-state index contributed by atoms with van der Waals surface area (Å²) in [6, 6.07) is 6.90. The lowest BCUT2D eigenvalue weighted by Crippen LogP contribution is -2.42. The predicted octanol–water partition coefficient (Wildman–Crippen LogP) is 2.78. The number of hydrogen-bond acceptors (Lipinski definition) is 3. The van der Waals surface area contributed by atoms with Crippen LogP contribution < -0.4 is 10.6 Å². The van der Waals surface area contributed by atoms with Crippen LogP contribution in [0.4, 0.5) is 4.39 Å². The first kappa shape index (κ1) is 22.1. The molecule has 25 heavy (non-hydrogen) atoms. The molecule has 1 atom stereocenters. The van der Waals surface area contributed by atoms with Gasteiger partial charge in [-0.05, 0) is 31.0 Å². The molecule has 0 spiro atoms. The van der Waals surface area contributed by atoms with Crippen molar-refractivity contribution in [3.63, 3.8) is 0 Å². The first-order valence-corrected chi connectivity index (χ1v) is 8.84. The third-order valence-electron chi connectivity index (χ3n) is 4.03. The molecule has 2 rings (SSSR count). The van der Waals surface area contributed by atoms with Gasteiger partial charge in [-0.25, -0.2) is 4.39 Å². The van der Waals surface area contributed by atoms with Crippen LogP contribution in [-0.2, 0) is 4.74 Å². The Morgan fingerprint density at radius 1 is 1.28 bits per heavy atom. The highest BCUT2D eigenvalue weighted by Crippen LogP contribution is 2.23. The van der Waals surface area contributed by atoms with Crippen LogP contribution in [0, 0.1) is 5.82 Å². The standard InChI is InChI=1S/C18H29FN4O.HI/c1-3-8-21-18(20-4-2)22-14-17(23-9-11-24-12-10-23)15-6-5-7-16(19)13-15;/h5-7,13,17H,3-4,8-12,14H2,1-2H3,(H2,20,21,22);1H. The number of hydrogen-bond donors (Lipinski definition) is 2. The van der Waals surface area contributed by atoms with E-state index in [1.165, 1.54) is 6.07 Å². The molecule has 0 aliphatic carbocycles. The van der Waals surface area contributed by atoms with Gasteiger partial charge in [-0.1, -0.05) is 19.1 Å². The van der Waals surface area contributed by atoms with Crippen molar-refractivity contribution in [3.8, 4) is 0 Å². The molecule has 0 radical (unpaired) electrons. The summed E-state index contributed by atoms with van der Waals surface area (Å²) in [5.41, 5.74) is 0.965. The number of morpholine rings is 1. The molecule has 1 heterocycles. The fraction of sp³-hybridized carbons (Fsp3) is 0.611. The average Bonchev–Trinajstić information content (AvgIpc) is 2.61. The van der Waals surface area contributed by atoms with E-state index < -0.39 is 0 Å². The number of ether oxygens (including phenoxy) is 1. The van der Waals surface area contributed by atoms with Gasteiger partial charge in [-0.3, -0.25) is 9.89 Å². The van der Waals surface area contributed by atoms with Crippen LogP contribution in [0.25, 0.3) is 0 Å². The van der Waals surface area contributed by atoms with Crippen molar-refractivity contribution in [1.29, 1.82) is 0 Å². The molecular formula is C18H30FIN4O. The van der Waals surface area contributed by atoms with E-state index in [0.29, 0.717) is 19.8 Å². The molecule has 142 valence electrons. The lowest BCUT2D eigenvalue weighted by Gasteiger charge is -2.34. The Bertz CT molecular complexity index is 524. The quantitative estimate of drug-likeness (QED) is 0.370. The molecule has 0 amide bonds. The highest BCUT2D eigenvalue weighted by molar-refractivity contribution is 14.0. The molecule has 0 saturated carbocycles. The second-order valence-corrected chi connectivity index (χ2v) is 5.87. The summed E-state index contributed by atoms with van der Waals surface area (Å²) >= 11 is 0. The first-order valence-electron chi connectivity index (χ1n) is 8.84. The number of halogens is 2. The molecule has 7 heteroatoms. The zero-order valence-electron chi connectivity index (χ0n) is 15.1. The first-order chi connectivity index (χ1) is 11.7. The topological polar surface area (TPSA) is 48.9 Å². The van der Waals surface area contributed by atoms with Crippen LogP contribution in [0.2, 0.25) is 0 Å². The van der Waals surface area contributed by atoms with Crippen molar-refractivity contribution in [2.45, 2.75) is 26.3 Å². The van der Waals surface area contributed by atoms with Crippen molar-refractivity contribution in [1.82, 2.24) is 15.5 Å². The monoisotopic (exact) mass is 464 g/mol. The second kappa shape index (κ2) is 12.4. The van der Waals surface area contributed by atoms with Gasteiger partial charge in [0.15, 0.2) is 5.96 Å². The number of guanidine groups is 1. The normalized spacial score (nSPS) is 16.8. The summed E-state index contributed by atoms with van der Waals surface area (Å²) < 4.78 is 19.1. The van der Waals surface area contributed by atoms with Crippen molar-refractivity contribution in [3.05, 3.63) is 35.6 Å². The van der Waals surface area contributed by atoms with Gasteiger partial charge in [-0.15, -0.1) is 24.0 Å². The van der Waals surface area contributed by atoms with Gasteiger partial charge in [0.25, 0.3) is 0 Å². The van der Waals surface area contributed by atoms with Gasteiger partial charge >= 0.3 is 0 Å². The minimum atomic E-state index is -0.203. The largest absolute Gasteiger partial charge is 0.379 e. The van der Waals surface area contributed by atoms with Gasteiger partial charge in [0.1, 0.15) is 5.82 Å². The number of aliphatic imine (C=N–C) groups is 1. The fourth-order valence-electron chi connectivity index (χ4n) is 2.80. The Kier molecular flexibility index (Phi) is 11.0. The van der Waals surface area contributed by atoms with E-state index in [-0.39, 0.29) is 35.8 Å². The molecule has 0 bridgehead atoms. The lowest BCUT2D eigenvalue weighted by molar-refractivity contribution is 0.0179. The maximum Gasteiger partial charge on any atom is 0.191 e. The van der Waals surface area contributed by atoms with Crippen LogP contribution in [0.1, 0.15) is 31.9 Å². The molecule has 1 aliphatic rings. The molecule has 2 N–H and O–H groups in total. The summed E-state index contributed by atoms with van der Waals surface area (Å²) in [5, 5.41) is 6.57. The van der Waals surface area contributed by atoms with Gasteiger partial charge in [0, 0.05) is 26.2 Å². The van der Waals surface area contributed by atoms with Crippen molar-refractivity contribution in [2.24, 2.45) is 4.99 Å². The maximum absolute atomic E-state index is 13.7. The fourth-order valence-corrected chi connectivity index (χ4v) is 2.80. The Balaban J connectivity index is 0.00000312. The highest BCUT2D eigenvalue weighted by atomic mass is 127. The van der Waals surface area contributed by atoms with Gasteiger partial charge in [-0.2, -0.15) is 0 Å². The SMILES string of the molecule is CCCNC(=NCC(c1cccc(F)c1)N1CCOCC1)NCC.I. The van der Waals surface area contributed by atoms with Gasteiger partial charge in [0.2, 0.25) is 0 Å². The van der Waals surface area contributed by atoms with Crippen LogP contribution in [0.15, 0.2) is 29.3 Å². The Labute approximate surface area is 167 Å². The predicted molar refractivity (Wildman–Crippen MR) is 111 cm³/mol. The highest BCUT2D eigenvalue weighted by Gasteiger charge is 2.23. The molecule has 5 nitrogen and oxygen atoms in total. The smallest absolute Gasteiger partial charge is 0.191 e. The van der Waals surface area contributed by atoms with E-state index in [1.54, 1.807) is 12.1 Å². The zero-order chi connectivity index (χ0) is 17.2. The van der Waals surface area contributed by atoms with E-state index in [9.17, 15) is 4.39 Å². The third kappa shape index (κ3) is 7.45. The van der Waals surface area contributed by atoms with Gasteiger partial charge < -0.3 is 15.4 Å². The van der Waals surface area contributed by atoms with E-state index in [0.717, 1.165) is 44.1 Å². The van der Waals surface area contributed by atoms with Crippen LogP contribution in [-0.4, -0.2) is 56.8 Å². The Morgan fingerprint density at radius 3 is 2.68 bits per heavy atom. The molecule has 1 saturated heterocycles. The van der Waals surface area contributed by atoms with E-state index in [1.807, 2.05) is 6.07 Å². The van der Waals surface area contributed by atoms with Gasteiger partial charge in [0.05, 0.1) is 25.8 Å². The average molecular weight is 464 g/mol. The number of nitrogens with one attached hydrogen (secondary N) is 2. The molecule has 1 fully saturated rings. The minimum Gasteiger partial charge on any atom is -0.379 e. The molecule has 1 aromatic rings. The maximum atomic E-state index is 13.7. The molecular weight excluding hydrogens is 434 g/mol. The van der Waals surface area contributed by atoms with Crippen molar-refractivity contribution < 1.29 is 9.13 Å². The third-order valence-corrected chi connectivity index (χ3v) is 4.03. The van der Waals surface area contributed by atoms with E-state index in [4.69, 9.17) is 9.73 Å². The number of nitrogens with zero attached hydrogens (tertiary/aromatic N) is 2. The van der Waals surface area contributed by atoms with E-state index in [2.05, 4.69) is 29.4 Å². The molecule has 0 aromatic heterocycles. The molecule has 1 aromatic carbocycles. The lowest BCUT2D eigenvalue weighted by atomic mass is 10.0.